The summed E-state index contributed by atoms with van der Waals surface area (Å²) in [5.41, 5.74) is 13.8. The molecule has 0 radical (unpaired) electrons. The average molecular weight is 613 g/mol. The van der Waals surface area contributed by atoms with Crippen molar-refractivity contribution in [3.05, 3.63) is 101 Å². The van der Waals surface area contributed by atoms with E-state index in [1.165, 1.54) is 42.1 Å². The van der Waals surface area contributed by atoms with Gasteiger partial charge in [0, 0.05) is 17.5 Å². The lowest BCUT2D eigenvalue weighted by Crippen LogP contribution is -2.37. The number of aromatic nitrogens is 1. The zero-order valence-electron chi connectivity index (χ0n) is 28.3. The second kappa shape index (κ2) is 14.1. The van der Waals surface area contributed by atoms with Crippen LogP contribution in [0, 0.1) is 23.2 Å². The molecule has 0 bridgehead atoms. The summed E-state index contributed by atoms with van der Waals surface area (Å²) in [6.07, 6.45) is 22.3. The number of ether oxygens (including phenoxy) is 2. The second-order valence-electron chi connectivity index (χ2n) is 13.3. The molecule has 4 rings (SSSR count). The van der Waals surface area contributed by atoms with Gasteiger partial charge in [-0.15, -0.1) is 0 Å². The maximum atomic E-state index is 12.9. The molecule has 2 heterocycles. The maximum Gasteiger partial charge on any atom is 0.308 e. The van der Waals surface area contributed by atoms with Crippen LogP contribution in [0.5, 0.6) is 0 Å². The Bertz CT molecular complexity index is 1500. The van der Waals surface area contributed by atoms with E-state index in [0.717, 1.165) is 49.8 Å². The van der Waals surface area contributed by atoms with Crippen LogP contribution in [0.3, 0.4) is 0 Å². The number of nitrogens with two attached hydrogens (primary N) is 1. The Morgan fingerprint density at radius 2 is 1.84 bits per heavy atom. The third kappa shape index (κ3) is 6.34. The zero-order chi connectivity index (χ0) is 32.9. The number of allylic oxidation sites excluding steroid dienone is 12. The van der Waals surface area contributed by atoms with E-state index in [1.54, 1.807) is 6.20 Å². The molecule has 1 aromatic heterocycles. The number of hydrogen-bond donors (Lipinski definition) is 1. The van der Waals surface area contributed by atoms with Crippen LogP contribution in [0.2, 0.25) is 0 Å². The molecular weight excluding hydrogens is 560 g/mol. The molecule has 0 saturated heterocycles. The van der Waals surface area contributed by atoms with Gasteiger partial charge in [-0.25, -0.2) is 0 Å². The monoisotopic (exact) mass is 612 g/mol. The lowest BCUT2D eigenvalue weighted by atomic mass is 9.67. The van der Waals surface area contributed by atoms with Gasteiger partial charge in [-0.1, -0.05) is 63.3 Å². The van der Waals surface area contributed by atoms with E-state index in [0.29, 0.717) is 12.3 Å². The summed E-state index contributed by atoms with van der Waals surface area (Å²) in [7, 11) is 2.94. The van der Waals surface area contributed by atoms with Gasteiger partial charge < -0.3 is 19.8 Å². The first-order valence-electron chi connectivity index (χ1n) is 16.4. The van der Waals surface area contributed by atoms with Crippen molar-refractivity contribution in [1.82, 2.24) is 4.57 Å². The largest absolute Gasteiger partial charge is 0.469 e. The summed E-state index contributed by atoms with van der Waals surface area (Å²) in [6.45, 7) is 14.7. The van der Waals surface area contributed by atoms with Crippen LogP contribution < -0.4 is 5.73 Å². The number of methoxy groups -OCH3 is 2. The van der Waals surface area contributed by atoms with Crippen LogP contribution in [-0.2, 0) is 24.6 Å². The minimum atomic E-state index is -0.459. The van der Waals surface area contributed by atoms with Crippen LogP contribution in [0.25, 0.3) is 5.57 Å². The summed E-state index contributed by atoms with van der Waals surface area (Å²) < 4.78 is 12.8. The number of rotatable bonds is 13. The summed E-state index contributed by atoms with van der Waals surface area (Å²) in [6, 6.07) is 4.27. The molecule has 1 aliphatic heterocycles. The van der Waals surface area contributed by atoms with Crippen molar-refractivity contribution in [2.45, 2.75) is 85.1 Å². The van der Waals surface area contributed by atoms with E-state index in [9.17, 15) is 9.59 Å². The quantitative estimate of drug-likeness (QED) is 0.226. The lowest BCUT2D eigenvalue weighted by molar-refractivity contribution is -0.146. The van der Waals surface area contributed by atoms with Crippen molar-refractivity contribution in [2.75, 3.05) is 14.2 Å². The standard InChI is InChI=1S/C39H52N2O4/c1-9-27(4)35-32(10-2)39(24-29(6)37(43)45-8,41-21-12-15-34(35)41)19-13-18-38(23-28(5)36(42)44-7)25-30(14-11-20-40)31-17-16-26(3)22-33(31)38/h9-12,14-17,20-21,26,28-29H,2,13,18-19,22-25,40H2,1,3-8H3/b20-11-,27-9-,30-14+. The molecule has 3 aliphatic rings. The predicted molar refractivity (Wildman–Crippen MR) is 183 cm³/mol. The Labute approximate surface area is 270 Å². The Morgan fingerprint density at radius 1 is 1.16 bits per heavy atom. The van der Waals surface area contributed by atoms with Gasteiger partial charge >= 0.3 is 11.9 Å². The number of carbonyl (C=O) groups excluding carboxylic acids is 2. The molecule has 2 N–H and O–H groups in total. The van der Waals surface area contributed by atoms with Crippen LogP contribution in [0.4, 0.5) is 0 Å². The van der Waals surface area contributed by atoms with E-state index in [2.05, 4.69) is 74.6 Å². The topological polar surface area (TPSA) is 83.5 Å². The maximum absolute atomic E-state index is 12.9. The summed E-state index contributed by atoms with van der Waals surface area (Å²) >= 11 is 0. The Balaban J connectivity index is 1.80. The smallest absolute Gasteiger partial charge is 0.308 e. The highest BCUT2D eigenvalue weighted by molar-refractivity contribution is 5.85. The second-order valence-corrected chi connectivity index (χ2v) is 13.3. The number of carbonyl (C=O) groups is 2. The highest BCUT2D eigenvalue weighted by Gasteiger charge is 2.48. The van der Waals surface area contributed by atoms with Gasteiger partial charge in [-0.2, -0.15) is 0 Å². The Morgan fingerprint density at radius 3 is 2.47 bits per heavy atom. The fraction of sp³-hybridized carbons (Fsp3) is 0.487. The fourth-order valence-corrected chi connectivity index (χ4v) is 8.34. The minimum Gasteiger partial charge on any atom is -0.469 e. The molecule has 0 saturated carbocycles. The van der Waals surface area contributed by atoms with Gasteiger partial charge in [0.15, 0.2) is 0 Å². The van der Waals surface area contributed by atoms with Gasteiger partial charge in [0.25, 0.3) is 0 Å². The third-order valence-corrected chi connectivity index (χ3v) is 10.4. The fourth-order valence-electron chi connectivity index (χ4n) is 8.34. The first kappa shape index (κ1) is 34.1. The average Bonchev–Trinajstić information content (AvgIpc) is 3.70. The summed E-state index contributed by atoms with van der Waals surface area (Å²) in [4.78, 5) is 25.7. The summed E-state index contributed by atoms with van der Waals surface area (Å²) in [5, 5.41) is 0. The molecule has 0 aromatic carbocycles. The first-order valence-corrected chi connectivity index (χ1v) is 16.4. The SMILES string of the molecule is C=CC1=C(/C(C)=C\C)c2cccn2C1(CCCC1(CC(C)C(=O)OC)C/C(=C\C=C/N)C2=C1CC(C)C=C2)CC(C)C(=O)OC. The molecule has 1 aromatic rings. The van der Waals surface area contributed by atoms with Crippen molar-refractivity contribution in [1.29, 1.82) is 0 Å². The van der Waals surface area contributed by atoms with E-state index in [1.807, 2.05) is 26.0 Å². The highest BCUT2D eigenvalue weighted by Crippen LogP contribution is 2.58. The number of fused-ring (bicyclic) bond motifs is 1. The first-order chi connectivity index (χ1) is 21.5. The van der Waals surface area contributed by atoms with Crippen molar-refractivity contribution in [2.24, 2.45) is 28.9 Å². The van der Waals surface area contributed by atoms with Crippen molar-refractivity contribution in [3.8, 4) is 0 Å². The van der Waals surface area contributed by atoms with Crippen LogP contribution in [0.15, 0.2) is 95.4 Å². The molecule has 45 heavy (non-hydrogen) atoms. The van der Waals surface area contributed by atoms with Crippen molar-refractivity contribution < 1.29 is 19.1 Å². The molecule has 0 spiro atoms. The van der Waals surface area contributed by atoms with Crippen molar-refractivity contribution >= 4 is 17.5 Å². The third-order valence-electron chi connectivity index (χ3n) is 10.4. The zero-order valence-corrected chi connectivity index (χ0v) is 28.3. The van der Waals surface area contributed by atoms with Gasteiger partial charge in [0.2, 0.25) is 0 Å². The van der Waals surface area contributed by atoms with Crippen LogP contribution in [0.1, 0.15) is 85.3 Å². The van der Waals surface area contributed by atoms with Crippen LogP contribution >= 0.6 is 0 Å². The molecular formula is C39H52N2O4. The van der Waals surface area contributed by atoms with Gasteiger partial charge in [-0.3, -0.25) is 9.59 Å². The van der Waals surface area contributed by atoms with Crippen molar-refractivity contribution in [3.63, 3.8) is 0 Å². The van der Waals surface area contributed by atoms with Gasteiger partial charge in [0.1, 0.15) is 0 Å². The van der Waals surface area contributed by atoms with E-state index in [-0.39, 0.29) is 29.2 Å². The molecule has 242 valence electrons. The van der Waals surface area contributed by atoms with Gasteiger partial charge in [0.05, 0.1) is 31.6 Å². The van der Waals surface area contributed by atoms with E-state index >= 15 is 0 Å². The molecule has 2 aliphatic carbocycles. The highest BCUT2D eigenvalue weighted by atomic mass is 16.5. The summed E-state index contributed by atoms with van der Waals surface area (Å²) in [5.74, 6) is -0.497. The van der Waals surface area contributed by atoms with Crippen LogP contribution in [-0.4, -0.2) is 30.7 Å². The molecule has 5 unspecified atom stereocenters. The number of nitrogens with zero attached hydrogens (tertiary/aromatic N) is 1. The normalized spacial score (nSPS) is 26.8. The molecule has 0 amide bonds. The molecule has 0 fully saturated rings. The Kier molecular flexibility index (Phi) is 10.7. The molecule has 5 atom stereocenters. The Hall–Kier alpha value is -3.80. The van der Waals surface area contributed by atoms with E-state index < -0.39 is 5.54 Å². The molecule has 6 heteroatoms. The number of esters is 2. The number of hydrogen-bond acceptors (Lipinski definition) is 5. The molecule has 6 nitrogen and oxygen atoms in total. The van der Waals surface area contributed by atoms with E-state index in [4.69, 9.17) is 15.2 Å². The lowest BCUT2D eigenvalue weighted by Gasteiger charge is -2.40. The minimum absolute atomic E-state index is 0.172. The van der Waals surface area contributed by atoms with Gasteiger partial charge in [-0.05, 0) is 117 Å². The predicted octanol–water partition coefficient (Wildman–Crippen LogP) is 8.35.